The molecule has 0 saturated heterocycles. The molecule has 1 aromatic carbocycles. The summed E-state index contributed by atoms with van der Waals surface area (Å²) in [5, 5.41) is 7.41. The Kier molecular flexibility index (Phi) is 5.20. The average molecular weight is 371 g/mol. The molecule has 0 bridgehead atoms. The minimum Gasteiger partial charge on any atom is -0.345 e. The summed E-state index contributed by atoms with van der Waals surface area (Å²) in [6, 6.07) is 6.66. The third kappa shape index (κ3) is 4.30. The van der Waals surface area contributed by atoms with Crippen molar-refractivity contribution in [1.82, 2.24) is 25.9 Å². The molecule has 0 radical (unpaired) electrons. The third-order valence-corrected chi connectivity index (χ3v) is 4.03. The molecule has 9 nitrogen and oxygen atoms in total. The summed E-state index contributed by atoms with van der Waals surface area (Å²) in [6.07, 6.45) is 1.69. The second kappa shape index (κ2) is 7.56. The first-order valence-corrected chi connectivity index (χ1v) is 8.78. The monoisotopic (exact) mass is 371 g/mol. The predicted molar refractivity (Wildman–Crippen MR) is 97.6 cm³/mol. The zero-order valence-electron chi connectivity index (χ0n) is 15.1. The molecule has 3 rings (SSSR count). The van der Waals surface area contributed by atoms with Crippen molar-refractivity contribution in [3.8, 4) is 0 Å². The SMILES string of the molecule is CC(C)Cn1nc(C(=O)NNC(=O)C(=O)NC2CC2)c2ccccc2c1=O. The van der Waals surface area contributed by atoms with Crippen molar-refractivity contribution >= 4 is 28.5 Å². The van der Waals surface area contributed by atoms with Crippen LogP contribution in [0.3, 0.4) is 0 Å². The Morgan fingerprint density at radius 2 is 1.78 bits per heavy atom. The van der Waals surface area contributed by atoms with Gasteiger partial charge in [-0.25, -0.2) is 4.68 Å². The molecule has 0 aliphatic heterocycles. The van der Waals surface area contributed by atoms with Gasteiger partial charge in [-0.3, -0.25) is 30.0 Å². The first kappa shape index (κ1) is 18.6. The number of rotatable bonds is 4. The van der Waals surface area contributed by atoms with Crippen LogP contribution in [0.2, 0.25) is 0 Å². The van der Waals surface area contributed by atoms with Gasteiger partial charge in [0.1, 0.15) is 0 Å². The van der Waals surface area contributed by atoms with E-state index in [1.54, 1.807) is 24.3 Å². The molecule has 3 amide bonds. The van der Waals surface area contributed by atoms with Gasteiger partial charge in [0, 0.05) is 18.0 Å². The quantitative estimate of drug-likeness (QED) is 0.519. The summed E-state index contributed by atoms with van der Waals surface area (Å²) in [7, 11) is 0. The molecule has 1 aliphatic carbocycles. The average Bonchev–Trinajstić information content (AvgIpc) is 3.45. The number of benzene rings is 1. The number of amides is 3. The molecule has 1 aromatic heterocycles. The summed E-state index contributed by atoms with van der Waals surface area (Å²) in [6.45, 7) is 4.21. The van der Waals surface area contributed by atoms with E-state index >= 15 is 0 Å². The van der Waals surface area contributed by atoms with Crippen LogP contribution in [0.4, 0.5) is 0 Å². The molecule has 9 heteroatoms. The Morgan fingerprint density at radius 1 is 1.11 bits per heavy atom. The van der Waals surface area contributed by atoms with Gasteiger partial charge >= 0.3 is 11.8 Å². The number of hydrogen-bond donors (Lipinski definition) is 3. The van der Waals surface area contributed by atoms with Gasteiger partial charge in [-0.1, -0.05) is 32.0 Å². The number of carbonyl (C=O) groups is 3. The highest BCUT2D eigenvalue weighted by atomic mass is 16.2. The first-order chi connectivity index (χ1) is 12.9. The van der Waals surface area contributed by atoms with Crippen LogP contribution < -0.4 is 21.7 Å². The highest BCUT2D eigenvalue weighted by molar-refractivity contribution is 6.35. The molecule has 1 aliphatic rings. The molecule has 1 saturated carbocycles. The van der Waals surface area contributed by atoms with Crippen LogP contribution in [0, 0.1) is 5.92 Å². The van der Waals surface area contributed by atoms with Crippen molar-refractivity contribution in [2.24, 2.45) is 5.92 Å². The molecule has 0 spiro atoms. The lowest BCUT2D eigenvalue weighted by Crippen LogP contribution is -2.49. The number of carbonyl (C=O) groups excluding carboxylic acids is 3. The number of nitrogens with one attached hydrogen (secondary N) is 3. The maximum atomic E-state index is 12.5. The van der Waals surface area contributed by atoms with Crippen molar-refractivity contribution in [3.05, 3.63) is 40.3 Å². The highest BCUT2D eigenvalue weighted by Gasteiger charge is 2.27. The van der Waals surface area contributed by atoms with E-state index in [4.69, 9.17) is 0 Å². The molecule has 0 atom stereocenters. The second-order valence-electron chi connectivity index (χ2n) is 6.93. The van der Waals surface area contributed by atoms with E-state index in [2.05, 4.69) is 21.3 Å². The predicted octanol–water partition coefficient (Wildman–Crippen LogP) is 0.0921. The summed E-state index contributed by atoms with van der Waals surface area (Å²) < 4.78 is 1.24. The van der Waals surface area contributed by atoms with Gasteiger partial charge < -0.3 is 5.32 Å². The number of hydrazine groups is 1. The zero-order chi connectivity index (χ0) is 19.6. The van der Waals surface area contributed by atoms with Gasteiger partial charge in [-0.05, 0) is 24.8 Å². The van der Waals surface area contributed by atoms with Crippen molar-refractivity contribution in [2.75, 3.05) is 0 Å². The Hall–Kier alpha value is -3.23. The Balaban J connectivity index is 1.82. The van der Waals surface area contributed by atoms with E-state index in [1.807, 2.05) is 13.8 Å². The van der Waals surface area contributed by atoms with E-state index in [-0.39, 0.29) is 23.2 Å². The minimum absolute atomic E-state index is 0.00579. The largest absolute Gasteiger partial charge is 0.345 e. The number of aromatic nitrogens is 2. The van der Waals surface area contributed by atoms with Crippen LogP contribution in [0.15, 0.2) is 29.1 Å². The lowest BCUT2D eigenvalue weighted by atomic mass is 10.1. The van der Waals surface area contributed by atoms with Crippen LogP contribution in [0.25, 0.3) is 10.8 Å². The molecule has 1 heterocycles. The molecule has 1 fully saturated rings. The standard InChI is InChI=1S/C18H21N5O4/c1-10(2)9-23-18(27)13-6-4-3-5-12(13)14(22-23)15(24)20-21-17(26)16(25)19-11-7-8-11/h3-6,10-11H,7-9H2,1-2H3,(H,19,25)(H,20,24)(H,21,26). The van der Waals surface area contributed by atoms with Crippen molar-refractivity contribution in [1.29, 1.82) is 0 Å². The van der Waals surface area contributed by atoms with E-state index in [0.29, 0.717) is 17.3 Å². The van der Waals surface area contributed by atoms with Gasteiger partial charge in [-0.15, -0.1) is 0 Å². The van der Waals surface area contributed by atoms with Gasteiger partial charge in [0.15, 0.2) is 5.69 Å². The molecule has 27 heavy (non-hydrogen) atoms. The molecular weight excluding hydrogens is 350 g/mol. The fourth-order valence-electron chi connectivity index (χ4n) is 2.58. The molecule has 142 valence electrons. The normalized spacial score (nSPS) is 13.4. The second-order valence-corrected chi connectivity index (χ2v) is 6.93. The van der Waals surface area contributed by atoms with Crippen LogP contribution in [0.5, 0.6) is 0 Å². The Labute approximate surface area is 155 Å². The summed E-state index contributed by atoms with van der Waals surface area (Å²) in [4.78, 5) is 48.5. The number of hydrogen-bond acceptors (Lipinski definition) is 5. The Bertz CT molecular complexity index is 962. The van der Waals surface area contributed by atoms with Crippen molar-refractivity contribution < 1.29 is 14.4 Å². The maximum absolute atomic E-state index is 12.5. The third-order valence-electron chi connectivity index (χ3n) is 4.03. The van der Waals surface area contributed by atoms with E-state index in [1.165, 1.54) is 4.68 Å². The Morgan fingerprint density at radius 3 is 2.41 bits per heavy atom. The topological polar surface area (TPSA) is 122 Å². The summed E-state index contributed by atoms with van der Waals surface area (Å²) >= 11 is 0. The number of fused-ring (bicyclic) bond motifs is 1. The summed E-state index contributed by atoms with van der Waals surface area (Å²) in [5.74, 6) is -2.33. The van der Waals surface area contributed by atoms with Crippen molar-refractivity contribution in [3.63, 3.8) is 0 Å². The molecular formula is C18H21N5O4. The fourth-order valence-corrected chi connectivity index (χ4v) is 2.58. The van der Waals surface area contributed by atoms with Crippen molar-refractivity contribution in [2.45, 2.75) is 39.3 Å². The van der Waals surface area contributed by atoms with E-state index < -0.39 is 17.7 Å². The fraction of sp³-hybridized carbons (Fsp3) is 0.389. The van der Waals surface area contributed by atoms with Gasteiger partial charge in [0.05, 0.1) is 5.39 Å². The summed E-state index contributed by atoms with van der Waals surface area (Å²) in [5.41, 5.74) is 3.97. The lowest BCUT2D eigenvalue weighted by Gasteiger charge is -2.13. The van der Waals surface area contributed by atoms with Gasteiger partial charge in [0.2, 0.25) is 0 Å². The first-order valence-electron chi connectivity index (χ1n) is 8.78. The molecule has 3 N–H and O–H groups in total. The van der Waals surface area contributed by atoms with E-state index in [0.717, 1.165) is 12.8 Å². The zero-order valence-corrected chi connectivity index (χ0v) is 15.1. The highest BCUT2D eigenvalue weighted by Crippen LogP contribution is 2.18. The molecule has 0 unspecified atom stereocenters. The smallest absolute Gasteiger partial charge is 0.327 e. The van der Waals surface area contributed by atoms with Gasteiger partial charge in [-0.2, -0.15) is 5.10 Å². The van der Waals surface area contributed by atoms with E-state index in [9.17, 15) is 19.2 Å². The van der Waals surface area contributed by atoms with Gasteiger partial charge in [0.25, 0.3) is 11.5 Å². The van der Waals surface area contributed by atoms with Crippen LogP contribution >= 0.6 is 0 Å². The maximum Gasteiger partial charge on any atom is 0.327 e. The van der Waals surface area contributed by atoms with Crippen LogP contribution in [-0.4, -0.2) is 33.5 Å². The minimum atomic E-state index is -0.963. The lowest BCUT2D eigenvalue weighted by molar-refractivity contribution is -0.139. The van der Waals surface area contributed by atoms with Crippen LogP contribution in [-0.2, 0) is 16.1 Å². The molecule has 2 aromatic rings. The number of nitrogens with zero attached hydrogens (tertiary/aromatic N) is 2. The van der Waals surface area contributed by atoms with Crippen LogP contribution in [0.1, 0.15) is 37.2 Å².